The fourth-order valence-electron chi connectivity index (χ4n) is 2.16. The molecule has 1 unspecified atom stereocenters. The van der Waals surface area contributed by atoms with Gasteiger partial charge in [0, 0.05) is 10.9 Å². The van der Waals surface area contributed by atoms with Crippen molar-refractivity contribution in [2.24, 2.45) is 0 Å². The van der Waals surface area contributed by atoms with Gasteiger partial charge in [0.25, 0.3) is 0 Å². The van der Waals surface area contributed by atoms with E-state index in [4.69, 9.17) is 4.98 Å². The van der Waals surface area contributed by atoms with Crippen molar-refractivity contribution < 1.29 is 0 Å². The van der Waals surface area contributed by atoms with E-state index in [1.807, 2.05) is 0 Å². The van der Waals surface area contributed by atoms with Crippen molar-refractivity contribution in [3.05, 3.63) is 51.0 Å². The SMILES string of the molecule is Cc1ccccc1C(NC(C)C)c1nc(C)c(C)s1. The van der Waals surface area contributed by atoms with E-state index in [0.717, 1.165) is 10.7 Å². The highest BCUT2D eigenvalue weighted by molar-refractivity contribution is 7.11. The Bertz CT molecular complexity index is 538. The molecule has 2 nitrogen and oxygen atoms in total. The number of thiazole rings is 1. The lowest BCUT2D eigenvalue weighted by atomic mass is 10.0. The lowest BCUT2D eigenvalue weighted by molar-refractivity contribution is 0.525. The molecule has 0 aliphatic rings. The predicted molar refractivity (Wildman–Crippen MR) is 82.9 cm³/mol. The van der Waals surface area contributed by atoms with Crippen LogP contribution in [0.25, 0.3) is 0 Å². The van der Waals surface area contributed by atoms with Crippen LogP contribution >= 0.6 is 11.3 Å². The van der Waals surface area contributed by atoms with E-state index in [1.165, 1.54) is 16.0 Å². The Labute approximate surface area is 119 Å². The number of benzene rings is 1. The zero-order valence-electron chi connectivity index (χ0n) is 12.3. The molecule has 0 aliphatic carbocycles. The highest BCUT2D eigenvalue weighted by Gasteiger charge is 2.20. The molecular weight excluding hydrogens is 252 g/mol. The highest BCUT2D eigenvalue weighted by Crippen LogP contribution is 2.30. The molecule has 0 saturated carbocycles. The first-order valence-electron chi connectivity index (χ1n) is 6.74. The first kappa shape index (κ1) is 14.2. The fraction of sp³-hybridized carbons (Fsp3) is 0.438. The van der Waals surface area contributed by atoms with Crippen LogP contribution in [-0.4, -0.2) is 11.0 Å². The van der Waals surface area contributed by atoms with Crippen LogP contribution in [0.3, 0.4) is 0 Å². The van der Waals surface area contributed by atoms with Crippen LogP contribution in [0.1, 0.15) is 46.6 Å². The van der Waals surface area contributed by atoms with Gasteiger partial charge in [-0.05, 0) is 45.7 Å². The zero-order chi connectivity index (χ0) is 14.0. The molecule has 1 atom stereocenters. The molecule has 1 N–H and O–H groups in total. The lowest BCUT2D eigenvalue weighted by Gasteiger charge is -2.21. The summed E-state index contributed by atoms with van der Waals surface area (Å²) in [6.07, 6.45) is 0. The van der Waals surface area contributed by atoms with Crippen molar-refractivity contribution in [3.63, 3.8) is 0 Å². The summed E-state index contributed by atoms with van der Waals surface area (Å²) in [5.41, 5.74) is 3.78. The summed E-state index contributed by atoms with van der Waals surface area (Å²) in [5.74, 6) is 0. The molecule has 2 aromatic rings. The molecule has 1 heterocycles. The van der Waals surface area contributed by atoms with Gasteiger partial charge in [-0.15, -0.1) is 11.3 Å². The first-order valence-corrected chi connectivity index (χ1v) is 7.56. The summed E-state index contributed by atoms with van der Waals surface area (Å²) < 4.78 is 0. The second kappa shape index (κ2) is 5.85. The van der Waals surface area contributed by atoms with Gasteiger partial charge in [-0.3, -0.25) is 0 Å². The van der Waals surface area contributed by atoms with Gasteiger partial charge >= 0.3 is 0 Å². The van der Waals surface area contributed by atoms with E-state index in [9.17, 15) is 0 Å². The number of aryl methyl sites for hydroxylation is 3. The van der Waals surface area contributed by atoms with E-state index in [0.29, 0.717) is 6.04 Å². The molecule has 1 aromatic carbocycles. The van der Waals surface area contributed by atoms with E-state index in [-0.39, 0.29) is 6.04 Å². The third-order valence-electron chi connectivity index (χ3n) is 3.29. The number of nitrogens with zero attached hydrogens (tertiary/aromatic N) is 1. The molecule has 2 rings (SSSR count). The smallest absolute Gasteiger partial charge is 0.115 e. The second-order valence-electron chi connectivity index (χ2n) is 5.30. The van der Waals surface area contributed by atoms with Gasteiger partial charge in [0.2, 0.25) is 0 Å². The van der Waals surface area contributed by atoms with Gasteiger partial charge in [0.1, 0.15) is 5.01 Å². The van der Waals surface area contributed by atoms with E-state index in [1.54, 1.807) is 11.3 Å². The van der Waals surface area contributed by atoms with Crippen LogP contribution < -0.4 is 5.32 Å². The lowest BCUT2D eigenvalue weighted by Crippen LogP contribution is -2.29. The molecule has 0 spiro atoms. The van der Waals surface area contributed by atoms with Gasteiger partial charge < -0.3 is 5.32 Å². The molecular formula is C16H22N2S. The topological polar surface area (TPSA) is 24.9 Å². The van der Waals surface area contributed by atoms with Crippen molar-refractivity contribution in [1.29, 1.82) is 0 Å². The maximum atomic E-state index is 4.74. The predicted octanol–water partition coefficient (Wildman–Crippen LogP) is 4.16. The minimum absolute atomic E-state index is 0.193. The van der Waals surface area contributed by atoms with Crippen LogP contribution in [0.15, 0.2) is 24.3 Å². The van der Waals surface area contributed by atoms with Crippen LogP contribution in [0.2, 0.25) is 0 Å². The highest BCUT2D eigenvalue weighted by atomic mass is 32.1. The number of nitrogens with one attached hydrogen (secondary N) is 1. The minimum Gasteiger partial charge on any atom is -0.302 e. The number of aromatic nitrogens is 1. The third-order valence-corrected chi connectivity index (χ3v) is 4.43. The number of hydrogen-bond acceptors (Lipinski definition) is 3. The molecule has 0 saturated heterocycles. The molecule has 19 heavy (non-hydrogen) atoms. The van der Waals surface area contributed by atoms with Crippen LogP contribution in [-0.2, 0) is 0 Å². The maximum Gasteiger partial charge on any atom is 0.115 e. The van der Waals surface area contributed by atoms with Crippen LogP contribution in [0.5, 0.6) is 0 Å². The van der Waals surface area contributed by atoms with Crippen molar-refractivity contribution in [2.45, 2.75) is 46.7 Å². The summed E-state index contributed by atoms with van der Waals surface area (Å²) in [6.45, 7) is 10.7. The molecule has 0 fully saturated rings. The zero-order valence-corrected chi connectivity index (χ0v) is 13.1. The van der Waals surface area contributed by atoms with Crippen molar-refractivity contribution in [1.82, 2.24) is 10.3 Å². The normalized spacial score (nSPS) is 12.9. The van der Waals surface area contributed by atoms with Gasteiger partial charge in [0.15, 0.2) is 0 Å². The molecule has 3 heteroatoms. The number of hydrogen-bond donors (Lipinski definition) is 1. The fourth-order valence-corrected chi connectivity index (χ4v) is 3.16. The van der Waals surface area contributed by atoms with E-state index in [2.05, 4.69) is 64.2 Å². The molecule has 0 amide bonds. The molecule has 102 valence electrons. The molecule has 0 aliphatic heterocycles. The van der Waals surface area contributed by atoms with Gasteiger partial charge in [-0.1, -0.05) is 24.3 Å². The standard InChI is InChI=1S/C16H22N2S/c1-10(2)17-15(14-9-7-6-8-11(14)3)16-18-12(4)13(5)19-16/h6-10,15,17H,1-5H3. The Morgan fingerprint density at radius 1 is 1.11 bits per heavy atom. The minimum atomic E-state index is 0.193. The third kappa shape index (κ3) is 3.23. The largest absolute Gasteiger partial charge is 0.302 e. The molecule has 0 radical (unpaired) electrons. The second-order valence-corrected chi connectivity index (χ2v) is 6.54. The van der Waals surface area contributed by atoms with Crippen LogP contribution in [0, 0.1) is 20.8 Å². The van der Waals surface area contributed by atoms with E-state index < -0.39 is 0 Å². The van der Waals surface area contributed by atoms with Gasteiger partial charge in [-0.25, -0.2) is 4.98 Å². The Morgan fingerprint density at radius 2 is 1.79 bits per heavy atom. The molecule has 1 aromatic heterocycles. The Hall–Kier alpha value is -1.19. The van der Waals surface area contributed by atoms with Crippen molar-refractivity contribution in [2.75, 3.05) is 0 Å². The van der Waals surface area contributed by atoms with Gasteiger partial charge in [0.05, 0.1) is 11.7 Å². The first-order chi connectivity index (χ1) is 8.99. The van der Waals surface area contributed by atoms with Crippen LogP contribution in [0.4, 0.5) is 0 Å². The Balaban J connectivity index is 2.44. The van der Waals surface area contributed by atoms with Crippen molar-refractivity contribution in [3.8, 4) is 0 Å². The summed E-state index contributed by atoms with van der Waals surface area (Å²) >= 11 is 1.79. The molecule has 0 bridgehead atoms. The average molecular weight is 274 g/mol. The summed E-state index contributed by atoms with van der Waals surface area (Å²) in [7, 11) is 0. The quantitative estimate of drug-likeness (QED) is 0.905. The monoisotopic (exact) mass is 274 g/mol. The van der Waals surface area contributed by atoms with E-state index >= 15 is 0 Å². The van der Waals surface area contributed by atoms with Crippen molar-refractivity contribution >= 4 is 11.3 Å². The Morgan fingerprint density at radius 3 is 2.32 bits per heavy atom. The van der Waals surface area contributed by atoms with Gasteiger partial charge in [-0.2, -0.15) is 0 Å². The Kier molecular flexibility index (Phi) is 4.38. The summed E-state index contributed by atoms with van der Waals surface area (Å²) in [5, 5.41) is 4.81. The average Bonchev–Trinajstić information content (AvgIpc) is 2.67. The summed E-state index contributed by atoms with van der Waals surface area (Å²) in [4.78, 5) is 6.04. The number of rotatable bonds is 4. The summed E-state index contributed by atoms with van der Waals surface area (Å²) in [6, 6.07) is 9.17. The maximum absolute atomic E-state index is 4.74.